The number of ether oxygens (including phenoxy) is 1. The molecule has 0 atom stereocenters. The van der Waals surface area contributed by atoms with E-state index < -0.39 is 5.82 Å². The van der Waals surface area contributed by atoms with Gasteiger partial charge in [-0.05, 0) is 18.6 Å². The first-order chi connectivity index (χ1) is 17.9. The van der Waals surface area contributed by atoms with Crippen molar-refractivity contribution in [2.24, 2.45) is 0 Å². The summed E-state index contributed by atoms with van der Waals surface area (Å²) >= 11 is 0. The Labute approximate surface area is 211 Å². The number of amides is 1. The SMILES string of the molecule is CCC(=O)N1CC(n2cc(Nc3ncc4c(N)c(F)c(-c5cnc6c(c5C)NCCO6)cc4n3)cn2)C1. The number of benzene rings is 1. The second-order valence-electron chi connectivity index (χ2n) is 9.17. The summed E-state index contributed by atoms with van der Waals surface area (Å²) in [6.07, 6.45) is 7.13. The van der Waals surface area contributed by atoms with Crippen LogP contribution in [0.5, 0.6) is 5.88 Å². The van der Waals surface area contributed by atoms with Gasteiger partial charge in [-0.15, -0.1) is 0 Å². The first kappa shape index (κ1) is 23.0. The summed E-state index contributed by atoms with van der Waals surface area (Å²) in [6, 6.07) is 1.80. The van der Waals surface area contributed by atoms with Gasteiger partial charge in [0.15, 0.2) is 5.82 Å². The molecule has 0 aliphatic carbocycles. The standard InChI is InChI=1S/C25H26FN9O2/c1-3-20(36)34-11-15(12-34)35-10-14(7-31-35)32-25-30-9-18-19(33-25)6-16(21(26)22(18)27)17-8-29-24-23(13(17)2)28-4-5-37-24/h6-10,15,28H,3-5,11-12,27H2,1-2H3,(H,30,32,33). The molecule has 5 heterocycles. The van der Waals surface area contributed by atoms with E-state index in [0.29, 0.717) is 72.2 Å². The van der Waals surface area contributed by atoms with Crippen molar-refractivity contribution in [3.8, 4) is 17.0 Å². The summed E-state index contributed by atoms with van der Waals surface area (Å²) < 4.78 is 22.8. The minimum atomic E-state index is -0.546. The summed E-state index contributed by atoms with van der Waals surface area (Å²) in [5.74, 6) is 0.432. The molecule has 1 amide bonds. The van der Waals surface area contributed by atoms with E-state index in [0.717, 1.165) is 11.3 Å². The number of nitrogens with two attached hydrogens (primary N) is 1. The minimum absolute atomic E-state index is 0.0237. The van der Waals surface area contributed by atoms with Gasteiger partial charge < -0.3 is 26.0 Å². The maximum absolute atomic E-state index is 15.4. The number of nitrogen functional groups attached to an aromatic ring is 1. The van der Waals surface area contributed by atoms with Crippen molar-refractivity contribution in [2.75, 3.05) is 42.6 Å². The van der Waals surface area contributed by atoms with E-state index in [4.69, 9.17) is 10.5 Å². The molecular weight excluding hydrogens is 477 g/mol. The maximum Gasteiger partial charge on any atom is 0.237 e. The third kappa shape index (κ3) is 3.94. The molecule has 1 aromatic carbocycles. The molecule has 4 N–H and O–H groups in total. The van der Waals surface area contributed by atoms with Crippen molar-refractivity contribution in [3.63, 3.8) is 0 Å². The normalized spacial score (nSPS) is 15.1. The van der Waals surface area contributed by atoms with Crippen LogP contribution in [0.3, 0.4) is 0 Å². The van der Waals surface area contributed by atoms with Crippen molar-refractivity contribution in [2.45, 2.75) is 26.3 Å². The summed E-state index contributed by atoms with van der Waals surface area (Å²) in [4.78, 5) is 26.9. The molecule has 2 aliphatic heterocycles. The number of nitrogens with zero attached hydrogens (tertiary/aromatic N) is 6. The number of carbonyl (C=O) groups is 1. The van der Waals surface area contributed by atoms with Crippen molar-refractivity contribution < 1.29 is 13.9 Å². The minimum Gasteiger partial charge on any atom is -0.474 e. The second kappa shape index (κ2) is 8.87. The third-order valence-electron chi connectivity index (χ3n) is 6.85. The Morgan fingerprint density at radius 3 is 2.92 bits per heavy atom. The molecule has 1 fully saturated rings. The van der Waals surface area contributed by atoms with Crippen LogP contribution in [-0.4, -0.2) is 61.8 Å². The molecule has 0 saturated carbocycles. The quantitative estimate of drug-likeness (QED) is 0.351. The Kier molecular flexibility index (Phi) is 5.50. The Bertz CT molecular complexity index is 1530. The van der Waals surface area contributed by atoms with Gasteiger partial charge in [0.2, 0.25) is 17.7 Å². The summed E-state index contributed by atoms with van der Waals surface area (Å²) in [5, 5.41) is 11.3. The highest BCUT2D eigenvalue weighted by molar-refractivity contribution is 5.96. The number of hydrogen-bond donors (Lipinski definition) is 3. The van der Waals surface area contributed by atoms with Gasteiger partial charge in [-0.2, -0.15) is 5.10 Å². The fourth-order valence-corrected chi connectivity index (χ4v) is 4.71. The highest BCUT2D eigenvalue weighted by Crippen LogP contribution is 2.39. The molecule has 11 nitrogen and oxygen atoms in total. The van der Waals surface area contributed by atoms with Crippen LogP contribution in [-0.2, 0) is 4.79 Å². The zero-order chi connectivity index (χ0) is 25.7. The molecule has 0 radical (unpaired) electrons. The maximum atomic E-state index is 15.4. The summed E-state index contributed by atoms with van der Waals surface area (Å²) in [6.45, 7) is 6.22. The number of nitrogens with one attached hydrogen (secondary N) is 2. The van der Waals surface area contributed by atoms with E-state index in [1.165, 1.54) is 6.20 Å². The van der Waals surface area contributed by atoms with Crippen molar-refractivity contribution in [3.05, 3.63) is 42.2 Å². The van der Waals surface area contributed by atoms with Crippen LogP contribution in [0.1, 0.15) is 24.9 Å². The number of carbonyl (C=O) groups excluding carboxylic acids is 1. The number of anilines is 4. The molecule has 37 heavy (non-hydrogen) atoms. The molecule has 190 valence electrons. The van der Waals surface area contributed by atoms with E-state index >= 15 is 4.39 Å². The highest BCUT2D eigenvalue weighted by Gasteiger charge is 2.31. The molecule has 0 spiro atoms. The highest BCUT2D eigenvalue weighted by atomic mass is 19.1. The van der Waals surface area contributed by atoms with Gasteiger partial charge in [-0.3, -0.25) is 9.48 Å². The number of hydrogen-bond acceptors (Lipinski definition) is 9. The zero-order valence-electron chi connectivity index (χ0n) is 20.5. The Morgan fingerprint density at radius 2 is 2.11 bits per heavy atom. The number of rotatable bonds is 5. The predicted octanol–water partition coefficient (Wildman–Crippen LogP) is 3.26. The molecule has 1 saturated heterocycles. The van der Waals surface area contributed by atoms with Gasteiger partial charge in [0.05, 0.1) is 29.1 Å². The average Bonchev–Trinajstić information content (AvgIpc) is 3.33. The predicted molar refractivity (Wildman–Crippen MR) is 137 cm³/mol. The van der Waals surface area contributed by atoms with Crippen LogP contribution < -0.4 is 21.1 Å². The van der Waals surface area contributed by atoms with E-state index in [1.54, 1.807) is 18.5 Å². The van der Waals surface area contributed by atoms with Crippen LogP contribution in [0.2, 0.25) is 0 Å². The van der Waals surface area contributed by atoms with E-state index in [2.05, 4.69) is 30.7 Å². The Morgan fingerprint density at radius 1 is 1.27 bits per heavy atom. The lowest BCUT2D eigenvalue weighted by atomic mass is 9.98. The topological polar surface area (TPSA) is 136 Å². The largest absolute Gasteiger partial charge is 0.474 e. The van der Waals surface area contributed by atoms with E-state index in [-0.39, 0.29) is 17.6 Å². The molecule has 0 unspecified atom stereocenters. The van der Waals surface area contributed by atoms with Crippen molar-refractivity contribution >= 4 is 39.8 Å². The van der Waals surface area contributed by atoms with Gasteiger partial charge in [-0.1, -0.05) is 6.92 Å². The molecule has 2 aliphatic rings. The third-order valence-corrected chi connectivity index (χ3v) is 6.85. The number of halogens is 1. The number of likely N-dealkylation sites (tertiary alicyclic amines) is 1. The lowest BCUT2D eigenvalue weighted by Gasteiger charge is -2.39. The van der Waals surface area contributed by atoms with Gasteiger partial charge in [0.1, 0.15) is 12.3 Å². The van der Waals surface area contributed by atoms with Gasteiger partial charge in [-0.25, -0.2) is 19.3 Å². The first-order valence-electron chi connectivity index (χ1n) is 12.1. The fraction of sp³-hybridized carbons (Fsp3) is 0.320. The summed E-state index contributed by atoms with van der Waals surface area (Å²) in [5.41, 5.74) is 9.82. The van der Waals surface area contributed by atoms with Crippen LogP contribution in [0, 0.1) is 12.7 Å². The summed E-state index contributed by atoms with van der Waals surface area (Å²) in [7, 11) is 0. The Balaban J connectivity index is 1.28. The number of pyridine rings is 1. The van der Waals surface area contributed by atoms with Crippen LogP contribution in [0.25, 0.3) is 22.0 Å². The van der Waals surface area contributed by atoms with Gasteiger partial charge in [0, 0.05) is 61.2 Å². The molecule has 0 bridgehead atoms. The molecule has 6 rings (SSSR count). The number of aromatic nitrogens is 5. The molecule has 12 heteroatoms. The lowest BCUT2D eigenvalue weighted by molar-refractivity contribution is -0.136. The van der Waals surface area contributed by atoms with Gasteiger partial charge >= 0.3 is 0 Å². The van der Waals surface area contributed by atoms with Gasteiger partial charge in [0.25, 0.3) is 0 Å². The number of fused-ring (bicyclic) bond motifs is 2. The zero-order valence-corrected chi connectivity index (χ0v) is 20.5. The molecule has 4 aromatic rings. The lowest BCUT2D eigenvalue weighted by Crippen LogP contribution is -2.50. The van der Waals surface area contributed by atoms with Crippen LogP contribution >= 0.6 is 0 Å². The first-order valence-corrected chi connectivity index (χ1v) is 12.1. The smallest absolute Gasteiger partial charge is 0.237 e. The monoisotopic (exact) mass is 503 g/mol. The van der Waals surface area contributed by atoms with Crippen molar-refractivity contribution in [1.82, 2.24) is 29.6 Å². The average molecular weight is 504 g/mol. The van der Waals surface area contributed by atoms with E-state index in [9.17, 15) is 4.79 Å². The molecular formula is C25H26FN9O2. The van der Waals surface area contributed by atoms with E-state index in [1.807, 2.05) is 29.6 Å². The second-order valence-corrected chi connectivity index (χ2v) is 9.17. The van der Waals surface area contributed by atoms with Crippen LogP contribution in [0.15, 0.2) is 30.9 Å². The van der Waals surface area contributed by atoms with Crippen LogP contribution in [0.4, 0.5) is 27.4 Å². The van der Waals surface area contributed by atoms with Crippen molar-refractivity contribution in [1.29, 1.82) is 0 Å². The fourth-order valence-electron chi connectivity index (χ4n) is 4.71. The molecule has 3 aromatic heterocycles. The Hall–Kier alpha value is -4.48.